The molecule has 2 saturated heterocycles. The molecular weight excluding hydrogens is 240 g/mol. The molecule has 0 saturated carbocycles. The Morgan fingerprint density at radius 2 is 2.29 bits per heavy atom. The molecule has 0 aromatic heterocycles. The molecule has 2 rings (SSSR count). The van der Waals surface area contributed by atoms with Crippen molar-refractivity contribution in [2.75, 3.05) is 26.2 Å². The molecule has 2 aliphatic heterocycles. The summed E-state index contributed by atoms with van der Waals surface area (Å²) in [5.41, 5.74) is 0. The molecule has 3 atom stereocenters. The lowest BCUT2D eigenvalue weighted by Gasteiger charge is -2.37. The summed E-state index contributed by atoms with van der Waals surface area (Å²) in [4.78, 5) is 13.9. The zero-order valence-corrected chi connectivity index (χ0v) is 11.5. The molecule has 0 aromatic rings. The topological polar surface area (TPSA) is 41.6 Å². The summed E-state index contributed by atoms with van der Waals surface area (Å²) in [5, 5.41) is 3.53. The predicted octanol–water partition coefficient (Wildman–Crippen LogP) is 1.04. The van der Waals surface area contributed by atoms with Crippen LogP contribution in [0.25, 0.3) is 0 Å². The van der Waals surface area contributed by atoms with Crippen molar-refractivity contribution < 1.29 is 9.53 Å². The standard InChI is InChI=1S/C12H22N2O2.ClH/c1-3-16-12(15)9(2)14-7-5-11-10(8-14)4-6-13-11;/h9-11,13H,3-8H2,1-2H3;1H. The maximum atomic E-state index is 11.7. The van der Waals surface area contributed by atoms with Gasteiger partial charge in [0.15, 0.2) is 0 Å². The maximum Gasteiger partial charge on any atom is 0.323 e. The van der Waals surface area contributed by atoms with Gasteiger partial charge in [-0.25, -0.2) is 0 Å². The van der Waals surface area contributed by atoms with Crippen molar-refractivity contribution in [1.82, 2.24) is 10.2 Å². The monoisotopic (exact) mass is 262 g/mol. The molecule has 0 aromatic carbocycles. The number of esters is 1. The van der Waals surface area contributed by atoms with Crippen molar-refractivity contribution in [1.29, 1.82) is 0 Å². The summed E-state index contributed by atoms with van der Waals surface area (Å²) in [6.07, 6.45) is 2.41. The second kappa shape index (κ2) is 6.57. The minimum Gasteiger partial charge on any atom is -0.465 e. The van der Waals surface area contributed by atoms with Crippen LogP contribution < -0.4 is 5.32 Å². The van der Waals surface area contributed by atoms with Crippen LogP contribution in [0.4, 0.5) is 0 Å². The third-order valence-electron chi connectivity index (χ3n) is 3.86. The average Bonchev–Trinajstić information content (AvgIpc) is 2.75. The Labute approximate surface area is 109 Å². The zero-order valence-electron chi connectivity index (χ0n) is 10.6. The van der Waals surface area contributed by atoms with Crippen molar-refractivity contribution in [2.24, 2.45) is 5.92 Å². The summed E-state index contributed by atoms with van der Waals surface area (Å²) in [5.74, 6) is 0.650. The van der Waals surface area contributed by atoms with Crippen molar-refractivity contribution in [3.05, 3.63) is 0 Å². The Kier molecular flexibility index (Phi) is 5.70. The molecule has 0 radical (unpaired) electrons. The van der Waals surface area contributed by atoms with Crippen LogP contribution in [0.5, 0.6) is 0 Å². The van der Waals surface area contributed by atoms with Gasteiger partial charge in [-0.05, 0) is 39.2 Å². The van der Waals surface area contributed by atoms with E-state index in [4.69, 9.17) is 4.74 Å². The van der Waals surface area contributed by atoms with E-state index in [1.807, 2.05) is 13.8 Å². The first-order chi connectivity index (χ1) is 7.72. The second-order valence-corrected chi connectivity index (χ2v) is 4.82. The fourth-order valence-electron chi connectivity index (χ4n) is 2.84. The largest absolute Gasteiger partial charge is 0.465 e. The molecule has 100 valence electrons. The van der Waals surface area contributed by atoms with Gasteiger partial charge in [-0.15, -0.1) is 12.4 Å². The van der Waals surface area contributed by atoms with Gasteiger partial charge in [0, 0.05) is 19.1 Å². The van der Waals surface area contributed by atoms with Gasteiger partial charge in [-0.3, -0.25) is 9.69 Å². The number of rotatable bonds is 3. The molecule has 0 aliphatic carbocycles. The smallest absolute Gasteiger partial charge is 0.323 e. The fraction of sp³-hybridized carbons (Fsp3) is 0.917. The Morgan fingerprint density at radius 3 is 3.00 bits per heavy atom. The first-order valence-corrected chi connectivity index (χ1v) is 6.36. The number of likely N-dealkylation sites (tertiary alicyclic amines) is 1. The highest BCUT2D eigenvalue weighted by Gasteiger charge is 2.35. The molecule has 0 spiro atoms. The van der Waals surface area contributed by atoms with Gasteiger partial charge in [-0.2, -0.15) is 0 Å². The van der Waals surface area contributed by atoms with Crippen LogP contribution in [-0.4, -0.2) is 49.2 Å². The van der Waals surface area contributed by atoms with Crippen LogP contribution in [0.15, 0.2) is 0 Å². The Bertz CT molecular complexity index is 263. The summed E-state index contributed by atoms with van der Waals surface area (Å²) in [6.45, 7) is 7.48. The molecule has 2 heterocycles. The van der Waals surface area contributed by atoms with E-state index in [1.165, 1.54) is 6.42 Å². The van der Waals surface area contributed by atoms with Crippen LogP contribution in [-0.2, 0) is 9.53 Å². The third kappa shape index (κ3) is 3.33. The first-order valence-electron chi connectivity index (χ1n) is 6.36. The molecule has 4 nitrogen and oxygen atoms in total. The van der Waals surface area contributed by atoms with Crippen molar-refractivity contribution in [3.63, 3.8) is 0 Å². The van der Waals surface area contributed by atoms with Crippen LogP contribution in [0.3, 0.4) is 0 Å². The number of carbonyl (C=O) groups is 1. The van der Waals surface area contributed by atoms with Crippen LogP contribution in [0.2, 0.25) is 0 Å². The number of fused-ring (bicyclic) bond motifs is 1. The van der Waals surface area contributed by atoms with E-state index in [2.05, 4.69) is 10.2 Å². The molecule has 3 unspecified atom stereocenters. The number of ether oxygens (including phenoxy) is 1. The van der Waals surface area contributed by atoms with Gasteiger partial charge < -0.3 is 10.1 Å². The molecule has 0 amide bonds. The summed E-state index contributed by atoms with van der Waals surface area (Å²) < 4.78 is 5.07. The summed E-state index contributed by atoms with van der Waals surface area (Å²) in [6, 6.07) is 0.604. The van der Waals surface area contributed by atoms with Gasteiger partial charge >= 0.3 is 5.97 Å². The van der Waals surface area contributed by atoms with Crippen molar-refractivity contribution in [2.45, 2.75) is 38.8 Å². The van der Waals surface area contributed by atoms with E-state index in [-0.39, 0.29) is 24.4 Å². The second-order valence-electron chi connectivity index (χ2n) is 4.82. The molecule has 1 N–H and O–H groups in total. The van der Waals surface area contributed by atoms with E-state index >= 15 is 0 Å². The minimum atomic E-state index is -0.0819. The van der Waals surface area contributed by atoms with Gasteiger partial charge in [0.1, 0.15) is 6.04 Å². The highest BCUT2D eigenvalue weighted by molar-refractivity contribution is 5.85. The maximum absolute atomic E-state index is 11.7. The number of nitrogens with one attached hydrogen (secondary N) is 1. The highest BCUT2D eigenvalue weighted by atomic mass is 35.5. The third-order valence-corrected chi connectivity index (χ3v) is 3.86. The Balaban J connectivity index is 0.00000144. The lowest BCUT2D eigenvalue weighted by atomic mass is 9.92. The highest BCUT2D eigenvalue weighted by Crippen LogP contribution is 2.25. The van der Waals surface area contributed by atoms with Crippen molar-refractivity contribution >= 4 is 18.4 Å². The number of hydrogen-bond donors (Lipinski definition) is 1. The van der Waals surface area contributed by atoms with E-state index in [0.29, 0.717) is 12.6 Å². The van der Waals surface area contributed by atoms with Crippen LogP contribution >= 0.6 is 12.4 Å². The van der Waals surface area contributed by atoms with Crippen LogP contribution in [0, 0.1) is 5.92 Å². The zero-order chi connectivity index (χ0) is 11.5. The molecule has 2 aliphatic rings. The average molecular weight is 263 g/mol. The number of halogens is 1. The van der Waals surface area contributed by atoms with Gasteiger partial charge in [0.25, 0.3) is 0 Å². The SMILES string of the molecule is CCOC(=O)C(C)N1CCC2NCCC2C1.Cl. The molecule has 5 heteroatoms. The van der Waals surface area contributed by atoms with E-state index in [0.717, 1.165) is 32.0 Å². The van der Waals surface area contributed by atoms with E-state index < -0.39 is 0 Å². The Morgan fingerprint density at radius 1 is 1.53 bits per heavy atom. The fourth-order valence-corrected chi connectivity index (χ4v) is 2.84. The lowest BCUT2D eigenvalue weighted by molar-refractivity contribution is -0.149. The number of carbonyl (C=O) groups excluding carboxylic acids is 1. The number of piperidine rings is 1. The normalized spacial score (nSPS) is 30.2. The van der Waals surface area contributed by atoms with Crippen LogP contribution in [0.1, 0.15) is 26.7 Å². The minimum absolute atomic E-state index is 0. The predicted molar refractivity (Wildman–Crippen MR) is 69.4 cm³/mol. The molecule has 17 heavy (non-hydrogen) atoms. The van der Waals surface area contributed by atoms with Gasteiger partial charge in [-0.1, -0.05) is 0 Å². The first kappa shape index (κ1) is 14.7. The van der Waals surface area contributed by atoms with Gasteiger partial charge in [0.2, 0.25) is 0 Å². The lowest BCUT2D eigenvalue weighted by Crippen LogP contribution is -2.50. The summed E-state index contributed by atoms with van der Waals surface area (Å²) >= 11 is 0. The van der Waals surface area contributed by atoms with E-state index in [1.54, 1.807) is 0 Å². The quantitative estimate of drug-likeness (QED) is 0.772. The number of nitrogens with zero attached hydrogens (tertiary/aromatic N) is 1. The molecular formula is C12H23ClN2O2. The van der Waals surface area contributed by atoms with Crippen molar-refractivity contribution in [3.8, 4) is 0 Å². The molecule has 2 fully saturated rings. The number of hydrogen-bond acceptors (Lipinski definition) is 4. The van der Waals surface area contributed by atoms with Gasteiger partial charge in [0.05, 0.1) is 6.61 Å². The summed E-state index contributed by atoms with van der Waals surface area (Å²) in [7, 11) is 0. The Hall–Kier alpha value is -0.320. The van der Waals surface area contributed by atoms with E-state index in [9.17, 15) is 4.79 Å². The molecule has 0 bridgehead atoms.